The minimum absolute atomic E-state index is 0.0569. The average Bonchev–Trinajstić information content (AvgIpc) is 2.98. The molecule has 6 nitrogen and oxygen atoms in total. The van der Waals surface area contributed by atoms with Crippen molar-refractivity contribution in [3.63, 3.8) is 0 Å². The van der Waals surface area contributed by atoms with Gasteiger partial charge in [-0.05, 0) is 36.4 Å². The fraction of sp³-hybridized carbons (Fsp3) is 0.333. The molecule has 7 heteroatoms. The summed E-state index contributed by atoms with van der Waals surface area (Å²) in [7, 11) is 0. The zero-order valence-corrected chi connectivity index (χ0v) is 14.9. The summed E-state index contributed by atoms with van der Waals surface area (Å²) >= 11 is 1.63. The molecule has 4 heterocycles. The molecule has 1 saturated heterocycles. The maximum atomic E-state index is 12.8. The highest BCUT2D eigenvalue weighted by Gasteiger charge is 2.22. The lowest BCUT2D eigenvalue weighted by Gasteiger charge is -2.23. The van der Waals surface area contributed by atoms with Gasteiger partial charge in [0.1, 0.15) is 17.0 Å². The second-order valence-electron chi connectivity index (χ2n) is 6.22. The summed E-state index contributed by atoms with van der Waals surface area (Å²) in [5.41, 5.74) is 1.67. The molecule has 1 amide bonds. The summed E-state index contributed by atoms with van der Waals surface area (Å²) in [6, 6.07) is 3.97. The predicted octanol–water partition coefficient (Wildman–Crippen LogP) is 2.75. The van der Waals surface area contributed by atoms with Gasteiger partial charge < -0.3 is 9.80 Å². The molecule has 0 unspecified atom stereocenters. The fourth-order valence-corrected chi connectivity index (χ4v) is 3.94. The number of aromatic nitrogens is 3. The van der Waals surface area contributed by atoms with Crippen molar-refractivity contribution < 1.29 is 4.79 Å². The number of rotatable bonds is 2. The van der Waals surface area contributed by atoms with Crippen LogP contribution in [-0.4, -0.2) is 51.9 Å². The zero-order valence-electron chi connectivity index (χ0n) is 14.1. The molecule has 1 aliphatic rings. The highest BCUT2D eigenvalue weighted by atomic mass is 32.1. The molecule has 1 aliphatic heterocycles. The first-order valence-electron chi connectivity index (χ1n) is 8.36. The van der Waals surface area contributed by atoms with Gasteiger partial charge in [0.2, 0.25) is 0 Å². The van der Waals surface area contributed by atoms with Crippen LogP contribution in [0.1, 0.15) is 22.3 Å². The first kappa shape index (κ1) is 16.0. The number of hydrogen-bond acceptors (Lipinski definition) is 6. The molecule has 1 fully saturated rings. The Hall–Kier alpha value is -2.54. The summed E-state index contributed by atoms with van der Waals surface area (Å²) in [6.07, 6.45) is 5.96. The van der Waals surface area contributed by atoms with Crippen LogP contribution in [0.25, 0.3) is 10.2 Å². The first-order chi connectivity index (χ1) is 12.2. The Morgan fingerprint density at radius 2 is 2.08 bits per heavy atom. The third kappa shape index (κ3) is 3.19. The Kier molecular flexibility index (Phi) is 4.31. The van der Waals surface area contributed by atoms with E-state index in [1.54, 1.807) is 30.1 Å². The summed E-state index contributed by atoms with van der Waals surface area (Å²) in [4.78, 5) is 30.9. The largest absolute Gasteiger partial charge is 0.354 e. The molecule has 4 rings (SSSR count). The van der Waals surface area contributed by atoms with Crippen LogP contribution in [0.2, 0.25) is 0 Å². The van der Waals surface area contributed by atoms with Crippen LogP contribution in [0.3, 0.4) is 0 Å². The SMILES string of the molecule is Cc1cncc(C(=O)N2CCCN(c3ncnc4sccc34)CC2)c1. The molecule has 25 heavy (non-hydrogen) atoms. The van der Waals surface area contributed by atoms with Crippen LogP contribution in [0.15, 0.2) is 36.2 Å². The maximum Gasteiger partial charge on any atom is 0.255 e. The first-order valence-corrected chi connectivity index (χ1v) is 9.24. The highest BCUT2D eigenvalue weighted by Crippen LogP contribution is 2.27. The van der Waals surface area contributed by atoms with E-state index in [4.69, 9.17) is 0 Å². The van der Waals surface area contributed by atoms with E-state index in [-0.39, 0.29) is 5.91 Å². The van der Waals surface area contributed by atoms with Gasteiger partial charge in [0.15, 0.2) is 0 Å². The van der Waals surface area contributed by atoms with Crippen molar-refractivity contribution in [3.05, 3.63) is 47.4 Å². The number of aryl methyl sites for hydroxylation is 1. The number of fused-ring (bicyclic) bond motifs is 1. The van der Waals surface area contributed by atoms with Gasteiger partial charge in [-0.15, -0.1) is 11.3 Å². The number of thiophene rings is 1. The quantitative estimate of drug-likeness (QED) is 0.709. The number of carbonyl (C=O) groups excluding carboxylic acids is 1. The fourth-order valence-electron chi connectivity index (χ4n) is 3.22. The van der Waals surface area contributed by atoms with Crippen molar-refractivity contribution in [2.45, 2.75) is 13.3 Å². The van der Waals surface area contributed by atoms with Crippen LogP contribution in [0, 0.1) is 6.92 Å². The van der Waals surface area contributed by atoms with E-state index in [1.165, 1.54) is 0 Å². The lowest BCUT2D eigenvalue weighted by molar-refractivity contribution is 0.0766. The lowest BCUT2D eigenvalue weighted by Crippen LogP contribution is -2.35. The Labute approximate surface area is 150 Å². The molecule has 3 aromatic rings. The monoisotopic (exact) mass is 353 g/mol. The number of carbonyl (C=O) groups is 1. The molecular formula is C18H19N5OS. The summed E-state index contributed by atoms with van der Waals surface area (Å²) in [5, 5.41) is 3.14. The van der Waals surface area contributed by atoms with Gasteiger partial charge in [-0.25, -0.2) is 9.97 Å². The smallest absolute Gasteiger partial charge is 0.255 e. The lowest BCUT2D eigenvalue weighted by atomic mass is 10.2. The third-order valence-corrected chi connectivity index (χ3v) is 5.27. The molecule has 0 aromatic carbocycles. The number of amides is 1. The average molecular weight is 353 g/mol. The Morgan fingerprint density at radius 1 is 1.16 bits per heavy atom. The standard InChI is InChI=1S/C18H19N5OS/c1-13-9-14(11-19-10-13)18(24)23-5-2-4-22(6-7-23)16-15-3-8-25-17(15)21-12-20-16/h3,8-12H,2,4-7H2,1H3. The van der Waals surface area contributed by atoms with E-state index >= 15 is 0 Å². The van der Waals surface area contributed by atoms with E-state index in [1.807, 2.05) is 23.3 Å². The number of pyridine rings is 1. The van der Waals surface area contributed by atoms with Crippen molar-refractivity contribution in [2.24, 2.45) is 0 Å². The molecule has 0 spiro atoms. The van der Waals surface area contributed by atoms with Crippen LogP contribution in [0.4, 0.5) is 5.82 Å². The molecule has 0 radical (unpaired) electrons. The van der Waals surface area contributed by atoms with Gasteiger partial charge in [0.05, 0.1) is 10.9 Å². The molecule has 0 N–H and O–H groups in total. The molecular weight excluding hydrogens is 334 g/mol. The second kappa shape index (κ2) is 6.76. The molecule has 3 aromatic heterocycles. The van der Waals surface area contributed by atoms with Crippen LogP contribution in [0.5, 0.6) is 0 Å². The van der Waals surface area contributed by atoms with Gasteiger partial charge in [-0.3, -0.25) is 9.78 Å². The van der Waals surface area contributed by atoms with Crippen LogP contribution >= 0.6 is 11.3 Å². The zero-order chi connectivity index (χ0) is 17.2. The predicted molar refractivity (Wildman–Crippen MR) is 99.1 cm³/mol. The maximum absolute atomic E-state index is 12.8. The summed E-state index contributed by atoms with van der Waals surface area (Å²) < 4.78 is 0. The highest BCUT2D eigenvalue weighted by molar-refractivity contribution is 7.16. The van der Waals surface area contributed by atoms with E-state index in [0.29, 0.717) is 12.1 Å². The number of hydrogen-bond donors (Lipinski definition) is 0. The van der Waals surface area contributed by atoms with Gasteiger partial charge >= 0.3 is 0 Å². The second-order valence-corrected chi connectivity index (χ2v) is 7.12. The van der Waals surface area contributed by atoms with Gasteiger partial charge in [-0.1, -0.05) is 0 Å². The number of anilines is 1. The van der Waals surface area contributed by atoms with Gasteiger partial charge in [0.25, 0.3) is 5.91 Å². The minimum atomic E-state index is 0.0569. The van der Waals surface area contributed by atoms with Gasteiger partial charge in [0, 0.05) is 38.6 Å². The Morgan fingerprint density at radius 3 is 2.96 bits per heavy atom. The summed E-state index contributed by atoms with van der Waals surface area (Å²) in [5.74, 6) is 1.03. The van der Waals surface area contributed by atoms with Crippen molar-refractivity contribution >= 4 is 33.3 Å². The molecule has 0 bridgehead atoms. The Balaban J connectivity index is 1.52. The minimum Gasteiger partial charge on any atom is -0.354 e. The topological polar surface area (TPSA) is 62.2 Å². The van der Waals surface area contributed by atoms with Crippen molar-refractivity contribution in [1.82, 2.24) is 19.9 Å². The van der Waals surface area contributed by atoms with Crippen LogP contribution < -0.4 is 4.90 Å². The third-order valence-electron chi connectivity index (χ3n) is 4.45. The molecule has 0 aliphatic carbocycles. The Bertz CT molecular complexity index is 909. The van der Waals surface area contributed by atoms with Gasteiger partial charge in [-0.2, -0.15) is 0 Å². The van der Waals surface area contributed by atoms with Crippen molar-refractivity contribution in [3.8, 4) is 0 Å². The van der Waals surface area contributed by atoms with E-state index in [9.17, 15) is 4.79 Å². The normalized spacial score (nSPS) is 15.4. The van der Waals surface area contributed by atoms with Crippen molar-refractivity contribution in [1.29, 1.82) is 0 Å². The van der Waals surface area contributed by atoms with E-state index < -0.39 is 0 Å². The molecule has 128 valence electrons. The number of nitrogens with zero attached hydrogens (tertiary/aromatic N) is 5. The summed E-state index contributed by atoms with van der Waals surface area (Å²) in [6.45, 7) is 5.05. The van der Waals surface area contributed by atoms with Crippen molar-refractivity contribution in [2.75, 3.05) is 31.1 Å². The molecule has 0 atom stereocenters. The van der Waals surface area contributed by atoms with E-state index in [2.05, 4.69) is 25.9 Å². The molecule has 0 saturated carbocycles. The van der Waals surface area contributed by atoms with Crippen LogP contribution in [-0.2, 0) is 0 Å². The van der Waals surface area contributed by atoms with E-state index in [0.717, 1.165) is 47.7 Å².